The van der Waals surface area contributed by atoms with Crippen LogP contribution in [0.5, 0.6) is 0 Å². The number of benzene rings is 3. The highest BCUT2D eigenvalue weighted by Crippen LogP contribution is 2.22. The van der Waals surface area contributed by atoms with Crippen LogP contribution in [0.15, 0.2) is 82.8 Å². The zero-order valence-electron chi connectivity index (χ0n) is 13.1. The number of para-hydroxylation sites is 4. The number of nitrogen functional groups attached to an aromatic ring is 2. The summed E-state index contributed by atoms with van der Waals surface area (Å²) in [7, 11) is 0. The minimum atomic E-state index is 0.650. The van der Waals surface area contributed by atoms with Gasteiger partial charge in [0, 0.05) is 23.6 Å². The molecule has 4 nitrogen and oxygen atoms in total. The fourth-order valence-electron chi connectivity index (χ4n) is 2.23. The van der Waals surface area contributed by atoms with E-state index in [0.29, 0.717) is 11.4 Å². The van der Waals surface area contributed by atoms with Gasteiger partial charge in [0.2, 0.25) is 0 Å². The van der Waals surface area contributed by atoms with E-state index in [9.17, 15) is 0 Å². The largest absolute Gasteiger partial charge is 0.397 e. The normalized spacial score (nSPS) is 11.3. The summed E-state index contributed by atoms with van der Waals surface area (Å²) in [6, 6.07) is 22.9. The van der Waals surface area contributed by atoms with Crippen LogP contribution in [-0.4, -0.2) is 12.4 Å². The fourth-order valence-corrected chi connectivity index (χ4v) is 2.23. The first kappa shape index (κ1) is 15.5. The van der Waals surface area contributed by atoms with Crippen LogP contribution in [0.3, 0.4) is 0 Å². The average Bonchev–Trinajstić information content (AvgIpc) is 2.61. The molecule has 0 bridgehead atoms. The van der Waals surface area contributed by atoms with Crippen molar-refractivity contribution in [1.29, 1.82) is 0 Å². The zero-order chi connectivity index (χ0) is 16.8. The van der Waals surface area contributed by atoms with Crippen LogP contribution in [0.2, 0.25) is 0 Å². The third-order valence-corrected chi connectivity index (χ3v) is 3.55. The van der Waals surface area contributed by atoms with Crippen molar-refractivity contribution < 1.29 is 0 Å². The van der Waals surface area contributed by atoms with Gasteiger partial charge in [0.25, 0.3) is 0 Å². The molecule has 0 saturated carbocycles. The number of hydrogen-bond acceptors (Lipinski definition) is 4. The predicted octanol–water partition coefficient (Wildman–Crippen LogP) is 4.35. The molecule has 0 spiro atoms. The van der Waals surface area contributed by atoms with Crippen molar-refractivity contribution in [2.45, 2.75) is 0 Å². The maximum Gasteiger partial charge on any atom is 0.0859 e. The second-order valence-corrected chi connectivity index (χ2v) is 5.26. The molecule has 0 radical (unpaired) electrons. The molecule has 3 aromatic rings. The van der Waals surface area contributed by atoms with E-state index in [1.807, 2.05) is 72.8 Å². The monoisotopic (exact) mass is 314 g/mol. The highest BCUT2D eigenvalue weighted by atomic mass is 14.8. The highest BCUT2D eigenvalue weighted by Gasteiger charge is 1.99. The van der Waals surface area contributed by atoms with E-state index in [4.69, 9.17) is 11.5 Å². The first-order chi connectivity index (χ1) is 11.7. The summed E-state index contributed by atoms with van der Waals surface area (Å²) >= 11 is 0. The maximum absolute atomic E-state index is 5.92. The Balaban J connectivity index is 1.89. The average molecular weight is 314 g/mol. The molecule has 0 atom stereocenters. The SMILES string of the molecule is Nc1ccccc1N=Cc1ccccc1C=Nc1ccccc1N. The molecular formula is C20H18N4. The van der Waals surface area contributed by atoms with Gasteiger partial charge in [-0.25, -0.2) is 0 Å². The van der Waals surface area contributed by atoms with Crippen LogP contribution in [0.4, 0.5) is 22.7 Å². The third-order valence-electron chi connectivity index (χ3n) is 3.55. The Morgan fingerprint density at radius 1 is 0.542 bits per heavy atom. The molecule has 0 heterocycles. The number of rotatable bonds is 4. The van der Waals surface area contributed by atoms with Crippen LogP contribution in [0.1, 0.15) is 11.1 Å². The lowest BCUT2D eigenvalue weighted by atomic mass is 10.1. The molecule has 24 heavy (non-hydrogen) atoms. The molecule has 3 aromatic carbocycles. The smallest absolute Gasteiger partial charge is 0.0859 e. The highest BCUT2D eigenvalue weighted by molar-refractivity contribution is 5.96. The first-order valence-electron chi connectivity index (χ1n) is 7.60. The lowest BCUT2D eigenvalue weighted by Gasteiger charge is -2.02. The van der Waals surface area contributed by atoms with Crippen molar-refractivity contribution >= 4 is 35.2 Å². The minimum absolute atomic E-state index is 0.650. The maximum atomic E-state index is 5.92. The number of anilines is 2. The molecule has 0 aliphatic heterocycles. The standard InChI is InChI=1S/C20H18N4/c21-17-9-3-5-11-19(17)23-13-15-7-1-2-8-16(15)14-24-20-12-6-4-10-18(20)22/h1-14H,21-22H2. The van der Waals surface area contributed by atoms with Gasteiger partial charge in [-0.2, -0.15) is 0 Å². The van der Waals surface area contributed by atoms with Crippen LogP contribution < -0.4 is 11.5 Å². The molecule has 4 N–H and O–H groups in total. The molecular weight excluding hydrogens is 296 g/mol. The van der Waals surface area contributed by atoms with Crippen LogP contribution >= 0.6 is 0 Å². The van der Waals surface area contributed by atoms with E-state index in [1.54, 1.807) is 12.4 Å². The van der Waals surface area contributed by atoms with Gasteiger partial charge in [0.1, 0.15) is 0 Å². The quantitative estimate of drug-likeness (QED) is 0.554. The summed E-state index contributed by atoms with van der Waals surface area (Å²) in [6.07, 6.45) is 3.59. The Morgan fingerprint density at radius 3 is 1.33 bits per heavy atom. The van der Waals surface area contributed by atoms with Crippen molar-refractivity contribution in [2.24, 2.45) is 9.98 Å². The van der Waals surface area contributed by atoms with Crippen LogP contribution in [0.25, 0.3) is 0 Å². The van der Waals surface area contributed by atoms with E-state index >= 15 is 0 Å². The summed E-state index contributed by atoms with van der Waals surface area (Å²) in [6.45, 7) is 0. The number of aliphatic imine (C=N–C) groups is 2. The number of hydrogen-bond donors (Lipinski definition) is 2. The van der Waals surface area contributed by atoms with Gasteiger partial charge >= 0.3 is 0 Å². The van der Waals surface area contributed by atoms with Gasteiger partial charge in [-0.05, 0) is 24.3 Å². The van der Waals surface area contributed by atoms with E-state index in [-0.39, 0.29) is 0 Å². The molecule has 0 fully saturated rings. The number of nitrogens with two attached hydrogens (primary N) is 2. The Morgan fingerprint density at radius 2 is 0.917 bits per heavy atom. The molecule has 0 unspecified atom stereocenters. The zero-order valence-corrected chi connectivity index (χ0v) is 13.1. The third kappa shape index (κ3) is 3.67. The van der Waals surface area contributed by atoms with E-state index in [2.05, 4.69) is 9.98 Å². The Hall–Kier alpha value is -3.40. The lowest BCUT2D eigenvalue weighted by molar-refractivity contribution is 1.50. The lowest BCUT2D eigenvalue weighted by Crippen LogP contribution is -1.92. The summed E-state index contributed by atoms with van der Waals surface area (Å²) in [4.78, 5) is 8.95. The van der Waals surface area contributed by atoms with E-state index in [0.717, 1.165) is 22.5 Å². The van der Waals surface area contributed by atoms with Gasteiger partial charge in [-0.15, -0.1) is 0 Å². The molecule has 0 aliphatic rings. The summed E-state index contributed by atoms with van der Waals surface area (Å²) in [5.41, 5.74) is 16.5. The summed E-state index contributed by atoms with van der Waals surface area (Å²) < 4.78 is 0. The Bertz CT molecular complexity index is 823. The molecule has 4 heteroatoms. The predicted molar refractivity (Wildman–Crippen MR) is 103 cm³/mol. The Kier molecular flexibility index (Phi) is 4.68. The second-order valence-electron chi connectivity index (χ2n) is 5.26. The summed E-state index contributed by atoms with van der Waals surface area (Å²) in [5, 5.41) is 0. The van der Waals surface area contributed by atoms with Crippen molar-refractivity contribution in [3.8, 4) is 0 Å². The van der Waals surface area contributed by atoms with Gasteiger partial charge in [0.05, 0.1) is 22.7 Å². The molecule has 0 aliphatic carbocycles. The van der Waals surface area contributed by atoms with Crippen LogP contribution in [0, 0.1) is 0 Å². The summed E-state index contributed by atoms with van der Waals surface area (Å²) in [5.74, 6) is 0. The second kappa shape index (κ2) is 7.24. The number of nitrogens with zero attached hydrogens (tertiary/aromatic N) is 2. The van der Waals surface area contributed by atoms with Crippen molar-refractivity contribution in [3.63, 3.8) is 0 Å². The van der Waals surface area contributed by atoms with Crippen molar-refractivity contribution in [3.05, 3.63) is 83.9 Å². The van der Waals surface area contributed by atoms with Crippen LogP contribution in [-0.2, 0) is 0 Å². The first-order valence-corrected chi connectivity index (χ1v) is 7.60. The van der Waals surface area contributed by atoms with Gasteiger partial charge < -0.3 is 11.5 Å². The molecule has 0 amide bonds. The van der Waals surface area contributed by atoms with Crippen molar-refractivity contribution in [1.82, 2.24) is 0 Å². The fraction of sp³-hybridized carbons (Fsp3) is 0. The van der Waals surface area contributed by atoms with E-state index in [1.165, 1.54) is 0 Å². The van der Waals surface area contributed by atoms with E-state index < -0.39 is 0 Å². The molecule has 0 saturated heterocycles. The molecule has 3 rings (SSSR count). The Labute approximate surface area is 141 Å². The topological polar surface area (TPSA) is 76.8 Å². The molecule has 0 aromatic heterocycles. The van der Waals surface area contributed by atoms with Gasteiger partial charge in [0.15, 0.2) is 0 Å². The van der Waals surface area contributed by atoms with Crippen molar-refractivity contribution in [2.75, 3.05) is 11.5 Å². The van der Waals surface area contributed by atoms with Gasteiger partial charge in [-0.3, -0.25) is 9.98 Å². The molecule has 118 valence electrons. The minimum Gasteiger partial charge on any atom is -0.397 e. The van der Waals surface area contributed by atoms with Gasteiger partial charge in [-0.1, -0.05) is 48.5 Å².